The van der Waals surface area contributed by atoms with Gasteiger partial charge < -0.3 is 10.3 Å². The Kier molecular flexibility index (Phi) is 6.33. The van der Waals surface area contributed by atoms with Gasteiger partial charge in [0.2, 0.25) is 0 Å². The summed E-state index contributed by atoms with van der Waals surface area (Å²) in [6.07, 6.45) is 0. The van der Waals surface area contributed by atoms with Crippen LogP contribution in [-0.2, 0) is 10.1 Å². The van der Waals surface area contributed by atoms with Crippen molar-refractivity contribution in [2.45, 2.75) is 4.90 Å². The van der Waals surface area contributed by atoms with E-state index >= 15 is 0 Å². The minimum absolute atomic E-state index is 0. The third-order valence-corrected chi connectivity index (χ3v) is 3.57. The number of azo groups is 1. The largest absolute Gasteiger partial charge is 1.00 e. The SMILES string of the molecule is Nc1ccc(N=Nc2ccc(S(=O)(=O)[O-])cc2)cc1Cl.[Na+]. The second kappa shape index (κ2) is 7.35. The Morgan fingerprint density at radius 3 is 2.05 bits per heavy atom. The quantitative estimate of drug-likeness (QED) is 0.376. The van der Waals surface area contributed by atoms with E-state index in [2.05, 4.69) is 10.2 Å². The molecule has 0 heterocycles. The Hall–Kier alpha value is -0.960. The molecule has 0 saturated heterocycles. The number of hydrogen-bond acceptors (Lipinski definition) is 6. The van der Waals surface area contributed by atoms with E-state index in [0.29, 0.717) is 22.1 Å². The average Bonchev–Trinajstić information content (AvgIpc) is 2.40. The third kappa shape index (κ3) is 5.06. The van der Waals surface area contributed by atoms with Crippen LogP contribution in [0.1, 0.15) is 0 Å². The normalized spacial score (nSPS) is 11.3. The molecule has 0 spiro atoms. The van der Waals surface area contributed by atoms with Crippen molar-refractivity contribution in [3.05, 3.63) is 47.5 Å². The molecule has 2 N–H and O–H groups in total. The molecule has 0 bridgehead atoms. The van der Waals surface area contributed by atoms with Crippen molar-refractivity contribution in [3.63, 3.8) is 0 Å². The van der Waals surface area contributed by atoms with Gasteiger partial charge in [-0.2, -0.15) is 10.2 Å². The van der Waals surface area contributed by atoms with Gasteiger partial charge in [0.1, 0.15) is 10.1 Å². The topological polar surface area (TPSA) is 108 Å². The minimum atomic E-state index is -4.45. The third-order valence-electron chi connectivity index (χ3n) is 2.39. The van der Waals surface area contributed by atoms with Crippen LogP contribution in [-0.4, -0.2) is 13.0 Å². The number of nitrogen functional groups attached to an aromatic ring is 1. The van der Waals surface area contributed by atoms with Crippen molar-refractivity contribution in [1.82, 2.24) is 0 Å². The van der Waals surface area contributed by atoms with Gasteiger partial charge in [-0.3, -0.25) is 0 Å². The van der Waals surface area contributed by atoms with Crippen LogP contribution < -0.4 is 35.3 Å². The molecule has 2 aromatic rings. The molecule has 0 aliphatic heterocycles. The van der Waals surface area contributed by atoms with Crippen molar-refractivity contribution in [2.24, 2.45) is 10.2 Å². The second-order valence-corrected chi connectivity index (χ2v) is 5.64. The van der Waals surface area contributed by atoms with Gasteiger partial charge in [0.05, 0.1) is 27.0 Å². The Morgan fingerprint density at radius 1 is 1.00 bits per heavy atom. The maximum absolute atomic E-state index is 10.8. The van der Waals surface area contributed by atoms with E-state index in [1.807, 2.05) is 0 Å². The molecule has 104 valence electrons. The first-order valence-corrected chi connectivity index (χ1v) is 7.17. The first kappa shape index (κ1) is 18.1. The zero-order chi connectivity index (χ0) is 14.8. The summed E-state index contributed by atoms with van der Waals surface area (Å²) >= 11 is 5.84. The summed E-state index contributed by atoms with van der Waals surface area (Å²) in [6, 6.07) is 9.90. The zero-order valence-corrected chi connectivity index (χ0v) is 14.6. The summed E-state index contributed by atoms with van der Waals surface area (Å²) in [7, 11) is -4.45. The molecule has 0 aromatic heterocycles. The maximum atomic E-state index is 10.8. The Labute approximate surface area is 149 Å². The van der Waals surface area contributed by atoms with E-state index in [0.717, 1.165) is 0 Å². The summed E-state index contributed by atoms with van der Waals surface area (Å²) in [4.78, 5) is -0.313. The van der Waals surface area contributed by atoms with Crippen molar-refractivity contribution >= 4 is 38.8 Å². The van der Waals surface area contributed by atoms with Crippen molar-refractivity contribution in [2.75, 3.05) is 5.73 Å². The van der Waals surface area contributed by atoms with E-state index in [1.54, 1.807) is 18.2 Å². The van der Waals surface area contributed by atoms with Crippen molar-refractivity contribution in [1.29, 1.82) is 0 Å². The van der Waals surface area contributed by atoms with Gasteiger partial charge in [-0.15, -0.1) is 0 Å². The predicted octanol–water partition coefficient (Wildman–Crippen LogP) is 0.246. The molecule has 0 unspecified atom stereocenters. The van der Waals surface area contributed by atoms with E-state index in [1.165, 1.54) is 24.3 Å². The molecule has 0 radical (unpaired) electrons. The van der Waals surface area contributed by atoms with Crippen molar-refractivity contribution in [3.8, 4) is 0 Å². The predicted molar refractivity (Wildman–Crippen MR) is 74.4 cm³/mol. The summed E-state index contributed by atoms with van der Waals surface area (Å²) < 4.78 is 32.3. The smallest absolute Gasteiger partial charge is 0.744 e. The van der Waals surface area contributed by atoms with Gasteiger partial charge >= 0.3 is 29.6 Å². The van der Waals surface area contributed by atoms with E-state index in [9.17, 15) is 13.0 Å². The molecule has 6 nitrogen and oxygen atoms in total. The zero-order valence-electron chi connectivity index (χ0n) is 11.0. The van der Waals surface area contributed by atoms with Gasteiger partial charge in [-0.1, -0.05) is 11.6 Å². The van der Waals surface area contributed by atoms with Crippen LogP contribution in [0.2, 0.25) is 5.02 Å². The molecule has 21 heavy (non-hydrogen) atoms. The fourth-order valence-corrected chi connectivity index (χ4v) is 2.02. The number of rotatable bonds is 3. The Morgan fingerprint density at radius 2 is 1.52 bits per heavy atom. The molecule has 0 atom stereocenters. The molecule has 2 rings (SSSR count). The molecule has 0 saturated carbocycles. The van der Waals surface area contributed by atoms with Crippen LogP contribution >= 0.6 is 11.6 Å². The molecule has 9 heteroatoms. The van der Waals surface area contributed by atoms with Gasteiger partial charge in [-0.05, 0) is 42.5 Å². The number of nitrogens with zero attached hydrogens (tertiary/aromatic N) is 2. The standard InChI is InChI=1S/C12H10ClN3O3S.Na/c13-11-7-9(3-6-12(11)14)16-15-8-1-4-10(5-2-8)20(17,18)19;/h1-7H,14H2,(H,17,18,19);/q;+1/p-1. The summed E-state index contributed by atoms with van der Waals surface area (Å²) in [5.41, 5.74) is 6.92. The van der Waals surface area contributed by atoms with Crippen LogP contribution in [0.5, 0.6) is 0 Å². The molecule has 0 aliphatic carbocycles. The van der Waals surface area contributed by atoms with Gasteiger partial charge in [-0.25, -0.2) is 8.42 Å². The second-order valence-electron chi connectivity index (χ2n) is 3.85. The molecule has 0 aliphatic rings. The number of nitrogens with two attached hydrogens (primary N) is 1. The average molecular weight is 334 g/mol. The molecule has 0 amide bonds. The number of anilines is 1. The number of halogens is 1. The van der Waals surface area contributed by atoms with Crippen LogP contribution in [0.4, 0.5) is 17.1 Å². The fourth-order valence-electron chi connectivity index (χ4n) is 1.37. The number of benzene rings is 2. The Bertz CT molecular complexity index is 764. The van der Waals surface area contributed by atoms with Crippen LogP contribution in [0.25, 0.3) is 0 Å². The van der Waals surface area contributed by atoms with E-state index in [-0.39, 0.29) is 34.5 Å². The first-order valence-electron chi connectivity index (χ1n) is 5.39. The van der Waals surface area contributed by atoms with E-state index in [4.69, 9.17) is 17.3 Å². The van der Waals surface area contributed by atoms with Gasteiger partial charge in [0.15, 0.2) is 0 Å². The van der Waals surface area contributed by atoms with Crippen LogP contribution in [0.15, 0.2) is 57.6 Å². The van der Waals surface area contributed by atoms with E-state index < -0.39 is 10.1 Å². The summed E-state index contributed by atoms with van der Waals surface area (Å²) in [6.45, 7) is 0. The van der Waals surface area contributed by atoms with Crippen molar-refractivity contribution < 1.29 is 42.5 Å². The fraction of sp³-hybridized carbons (Fsp3) is 0. The minimum Gasteiger partial charge on any atom is -0.744 e. The maximum Gasteiger partial charge on any atom is 1.00 e. The van der Waals surface area contributed by atoms with Gasteiger partial charge in [0.25, 0.3) is 0 Å². The monoisotopic (exact) mass is 333 g/mol. The van der Waals surface area contributed by atoms with Crippen LogP contribution in [0, 0.1) is 0 Å². The molecule has 0 fully saturated rings. The van der Waals surface area contributed by atoms with Crippen LogP contribution in [0.3, 0.4) is 0 Å². The summed E-state index contributed by atoms with van der Waals surface area (Å²) in [5, 5.41) is 8.20. The first-order chi connectivity index (χ1) is 9.36. The van der Waals surface area contributed by atoms with Gasteiger partial charge in [0, 0.05) is 0 Å². The Balaban J connectivity index is 0.00000220. The molecular formula is C12H9ClN3NaO3S. The number of hydrogen-bond donors (Lipinski definition) is 1. The summed E-state index contributed by atoms with van der Waals surface area (Å²) in [5.74, 6) is 0. The molecule has 2 aromatic carbocycles. The molecular weight excluding hydrogens is 325 g/mol.